The molecular formula is C20H32ClN5O3Si. The summed E-state index contributed by atoms with van der Waals surface area (Å²) in [5.74, 6) is 0.275. The van der Waals surface area contributed by atoms with E-state index in [0.29, 0.717) is 23.8 Å². The summed E-state index contributed by atoms with van der Waals surface area (Å²) in [6, 6.07) is 1.85. The van der Waals surface area contributed by atoms with Crippen molar-refractivity contribution < 1.29 is 14.3 Å². The Labute approximate surface area is 184 Å². The Morgan fingerprint density at radius 2 is 2.10 bits per heavy atom. The maximum atomic E-state index is 10.6. The van der Waals surface area contributed by atoms with Crippen LogP contribution in [0.1, 0.15) is 33.4 Å². The van der Waals surface area contributed by atoms with Crippen LogP contribution in [0.3, 0.4) is 0 Å². The van der Waals surface area contributed by atoms with E-state index in [1.165, 1.54) is 0 Å². The van der Waals surface area contributed by atoms with Crippen molar-refractivity contribution in [1.29, 1.82) is 0 Å². The Balaban J connectivity index is 1.80. The highest BCUT2D eigenvalue weighted by atomic mass is 35.5. The summed E-state index contributed by atoms with van der Waals surface area (Å²) in [5.41, 5.74) is 0.629. The molecule has 1 saturated heterocycles. The van der Waals surface area contributed by atoms with Gasteiger partial charge in [0.25, 0.3) is 5.95 Å². The maximum Gasteiger partial charge on any atom is 0.254 e. The number of aliphatic hydroxyl groups is 1. The molecule has 10 heteroatoms. The van der Waals surface area contributed by atoms with Crippen LogP contribution in [0.15, 0.2) is 17.3 Å². The van der Waals surface area contributed by atoms with Crippen molar-refractivity contribution in [3.05, 3.63) is 17.4 Å². The van der Waals surface area contributed by atoms with E-state index in [2.05, 4.69) is 48.8 Å². The van der Waals surface area contributed by atoms with Crippen LogP contribution in [0.4, 0.5) is 5.95 Å². The van der Waals surface area contributed by atoms with Crippen molar-refractivity contribution in [3.63, 3.8) is 0 Å². The lowest BCUT2D eigenvalue weighted by Crippen LogP contribution is -2.43. The lowest BCUT2D eigenvalue weighted by atomic mass is 10.2. The fourth-order valence-electron chi connectivity index (χ4n) is 2.99. The molecule has 8 nitrogen and oxygen atoms in total. The zero-order valence-electron chi connectivity index (χ0n) is 18.8. The summed E-state index contributed by atoms with van der Waals surface area (Å²) in [6.07, 6.45) is 2.58. The van der Waals surface area contributed by atoms with Gasteiger partial charge in [0, 0.05) is 26.7 Å². The van der Waals surface area contributed by atoms with Gasteiger partial charge in [-0.25, -0.2) is 4.99 Å². The second-order valence-electron chi connectivity index (χ2n) is 9.49. The number of halogens is 1. The minimum Gasteiger partial charge on any atom is -0.414 e. The van der Waals surface area contributed by atoms with Gasteiger partial charge in [-0.15, -0.1) is 0 Å². The topological polar surface area (TPSA) is 85.0 Å². The molecule has 0 saturated carbocycles. The normalized spacial score (nSPS) is 23.0. The molecule has 0 aliphatic carbocycles. The molecule has 2 aromatic heterocycles. The predicted molar refractivity (Wildman–Crippen MR) is 122 cm³/mol. The third-order valence-corrected chi connectivity index (χ3v) is 10.6. The number of hydrogen-bond acceptors (Lipinski definition) is 6. The monoisotopic (exact) mass is 453 g/mol. The minimum atomic E-state index is -1.92. The molecule has 1 aliphatic heterocycles. The van der Waals surface area contributed by atoms with Gasteiger partial charge < -0.3 is 23.7 Å². The average molecular weight is 454 g/mol. The highest BCUT2D eigenvalue weighted by Gasteiger charge is 2.41. The summed E-state index contributed by atoms with van der Waals surface area (Å²) in [6.45, 7) is 11.3. The van der Waals surface area contributed by atoms with E-state index in [-0.39, 0.29) is 23.3 Å². The van der Waals surface area contributed by atoms with Crippen molar-refractivity contribution in [2.45, 2.75) is 63.8 Å². The van der Waals surface area contributed by atoms with Crippen LogP contribution in [0.25, 0.3) is 11.0 Å². The third-order valence-electron chi connectivity index (χ3n) is 5.85. The Kier molecular flexibility index (Phi) is 6.59. The third kappa shape index (κ3) is 4.86. The summed E-state index contributed by atoms with van der Waals surface area (Å²) in [4.78, 5) is 14.8. The van der Waals surface area contributed by atoms with Gasteiger partial charge in [0.05, 0.1) is 24.4 Å². The number of nitrogens with zero attached hydrogens (tertiary/aromatic N) is 5. The fraction of sp³-hybridized carbons (Fsp3) is 0.650. The quantitative estimate of drug-likeness (QED) is 0.308. The fourth-order valence-corrected chi connectivity index (χ4v) is 4.22. The smallest absolute Gasteiger partial charge is 0.254 e. The van der Waals surface area contributed by atoms with Crippen LogP contribution >= 0.6 is 11.6 Å². The molecule has 166 valence electrons. The second kappa shape index (κ2) is 8.55. The molecule has 0 bridgehead atoms. The molecule has 0 amide bonds. The van der Waals surface area contributed by atoms with Crippen LogP contribution in [-0.4, -0.2) is 72.1 Å². The van der Waals surface area contributed by atoms with Crippen molar-refractivity contribution in [3.8, 4) is 0 Å². The minimum absolute atomic E-state index is 0.101. The van der Waals surface area contributed by atoms with Gasteiger partial charge in [-0.1, -0.05) is 32.4 Å². The predicted octanol–water partition coefficient (Wildman–Crippen LogP) is 3.98. The van der Waals surface area contributed by atoms with Gasteiger partial charge in [-0.2, -0.15) is 9.97 Å². The van der Waals surface area contributed by atoms with Crippen molar-refractivity contribution >= 4 is 43.2 Å². The standard InChI is InChI=1S/C20H32ClN5O3Si/c1-20(2,3)30(6,7)28-11-15-14(27)10-16(29-15)26-9-8-13-17(21)23-19(24-18(13)26)22-12-25(4)5/h8-9,12,14-16,27H,10-11H2,1-7H3/t14-,15+,16+/m0/s1. The molecule has 30 heavy (non-hydrogen) atoms. The molecule has 0 radical (unpaired) electrons. The van der Waals surface area contributed by atoms with Crippen LogP contribution in [0, 0.1) is 0 Å². The largest absolute Gasteiger partial charge is 0.414 e. The number of ether oxygens (including phenoxy) is 1. The van der Waals surface area contributed by atoms with Gasteiger partial charge in [0.1, 0.15) is 23.1 Å². The first-order valence-corrected chi connectivity index (χ1v) is 13.4. The molecule has 3 atom stereocenters. The summed E-state index contributed by atoms with van der Waals surface area (Å²) in [7, 11) is 1.81. The maximum absolute atomic E-state index is 10.6. The Bertz CT molecular complexity index is 925. The summed E-state index contributed by atoms with van der Waals surface area (Å²) < 4.78 is 14.3. The van der Waals surface area contributed by atoms with E-state index in [0.717, 1.165) is 5.39 Å². The molecule has 3 rings (SSSR count). The first kappa shape index (κ1) is 23.1. The first-order valence-electron chi connectivity index (χ1n) is 10.1. The lowest BCUT2D eigenvalue weighted by molar-refractivity contribution is -0.0403. The van der Waals surface area contributed by atoms with E-state index in [1.54, 1.807) is 11.2 Å². The van der Waals surface area contributed by atoms with E-state index in [9.17, 15) is 5.11 Å². The van der Waals surface area contributed by atoms with Gasteiger partial charge in [0.2, 0.25) is 0 Å². The molecule has 0 spiro atoms. The molecule has 1 aliphatic rings. The lowest BCUT2D eigenvalue weighted by Gasteiger charge is -2.37. The molecule has 0 aromatic carbocycles. The van der Waals surface area contributed by atoms with E-state index in [1.807, 2.05) is 30.9 Å². The molecule has 2 aromatic rings. The van der Waals surface area contributed by atoms with Crippen LogP contribution in [-0.2, 0) is 9.16 Å². The number of rotatable bonds is 6. The zero-order chi connectivity index (χ0) is 22.3. The van der Waals surface area contributed by atoms with Crippen molar-refractivity contribution in [2.75, 3.05) is 20.7 Å². The van der Waals surface area contributed by atoms with E-state index >= 15 is 0 Å². The molecule has 1 N–H and O–H groups in total. The van der Waals surface area contributed by atoms with Crippen LogP contribution < -0.4 is 0 Å². The van der Waals surface area contributed by atoms with Gasteiger partial charge in [0.15, 0.2) is 8.32 Å². The van der Waals surface area contributed by atoms with Gasteiger partial charge in [-0.05, 0) is 24.2 Å². The number of fused-ring (bicyclic) bond motifs is 1. The SMILES string of the molecule is CN(C)C=Nc1nc(Cl)c2ccn([C@H]3C[C@H](O)[C@@H](CO[Si](C)(C)C(C)(C)C)O3)c2n1. The van der Waals surface area contributed by atoms with Crippen molar-refractivity contribution in [2.24, 2.45) is 4.99 Å². The molecule has 0 unspecified atom stereocenters. The van der Waals surface area contributed by atoms with Gasteiger partial charge >= 0.3 is 0 Å². The zero-order valence-corrected chi connectivity index (χ0v) is 20.5. The number of aromatic nitrogens is 3. The average Bonchev–Trinajstić information content (AvgIpc) is 3.21. The summed E-state index contributed by atoms with van der Waals surface area (Å²) >= 11 is 6.34. The number of hydrogen-bond donors (Lipinski definition) is 1. The van der Waals surface area contributed by atoms with E-state index < -0.39 is 14.4 Å². The van der Waals surface area contributed by atoms with E-state index in [4.69, 9.17) is 20.8 Å². The molecule has 3 heterocycles. The van der Waals surface area contributed by atoms with Crippen LogP contribution in [0.2, 0.25) is 23.3 Å². The highest BCUT2D eigenvalue weighted by molar-refractivity contribution is 6.74. The number of aliphatic hydroxyl groups excluding tert-OH is 1. The second-order valence-corrected chi connectivity index (χ2v) is 14.7. The van der Waals surface area contributed by atoms with Crippen LogP contribution in [0.5, 0.6) is 0 Å². The first-order chi connectivity index (χ1) is 13.9. The Morgan fingerprint density at radius 3 is 2.73 bits per heavy atom. The highest BCUT2D eigenvalue weighted by Crippen LogP contribution is 2.38. The Morgan fingerprint density at radius 1 is 1.40 bits per heavy atom. The number of aliphatic imine (C=N–C) groups is 1. The molecular weight excluding hydrogens is 422 g/mol. The van der Waals surface area contributed by atoms with Crippen molar-refractivity contribution in [1.82, 2.24) is 19.4 Å². The van der Waals surface area contributed by atoms with Gasteiger partial charge in [-0.3, -0.25) is 0 Å². The molecule has 1 fully saturated rings. The summed E-state index contributed by atoms with van der Waals surface area (Å²) in [5, 5.41) is 11.8. The Hall–Kier alpha value is -1.52.